The van der Waals surface area contributed by atoms with Gasteiger partial charge in [-0.1, -0.05) is 36.7 Å². The van der Waals surface area contributed by atoms with Crippen LogP contribution in [0.3, 0.4) is 0 Å². The molecule has 2 heterocycles. The minimum atomic E-state index is -3.94. The van der Waals surface area contributed by atoms with Gasteiger partial charge in [0.1, 0.15) is 27.8 Å². The number of hydrogen-bond acceptors (Lipinski definition) is 5. The minimum absolute atomic E-state index is 0.0910. The van der Waals surface area contributed by atoms with Crippen LogP contribution in [0.15, 0.2) is 80.7 Å². The summed E-state index contributed by atoms with van der Waals surface area (Å²) in [5.41, 5.74) is 2.36. The monoisotopic (exact) mass is 633 g/mol. The van der Waals surface area contributed by atoms with E-state index in [0.717, 1.165) is 38.1 Å². The third-order valence-electron chi connectivity index (χ3n) is 5.45. The fraction of sp³-hybridized carbons (Fsp3) is 0.296. The number of nitrogens with zero attached hydrogens (tertiary/aromatic N) is 2. The average molecular weight is 635 g/mol. The lowest BCUT2D eigenvalue weighted by molar-refractivity contribution is 0.302. The summed E-state index contributed by atoms with van der Waals surface area (Å²) in [7, 11) is -3.94. The Balaban J connectivity index is 1.68. The van der Waals surface area contributed by atoms with E-state index in [1.165, 1.54) is 12.1 Å². The predicted molar refractivity (Wildman–Crippen MR) is 152 cm³/mol. The Hall–Kier alpha value is -2.36. The van der Waals surface area contributed by atoms with Crippen LogP contribution < -0.4 is 9.50 Å². The highest BCUT2D eigenvalue weighted by molar-refractivity contribution is 9.10. The highest BCUT2D eigenvalue weighted by Gasteiger charge is 2.28. The van der Waals surface area contributed by atoms with Crippen LogP contribution in [0.25, 0.3) is 16.9 Å². The normalized spacial score (nSPS) is 12.6. The molecule has 0 unspecified atom stereocenters. The molecule has 0 atom stereocenters. The van der Waals surface area contributed by atoms with Crippen LogP contribution in [0.4, 0.5) is 5.82 Å². The number of benzene rings is 2. The van der Waals surface area contributed by atoms with Gasteiger partial charge in [0.2, 0.25) is 0 Å². The van der Waals surface area contributed by atoms with Gasteiger partial charge in [-0.05, 0) is 102 Å². The third kappa shape index (κ3) is 6.30. The van der Waals surface area contributed by atoms with Crippen LogP contribution in [-0.2, 0) is 10.1 Å². The Kier molecular flexibility index (Phi) is 7.29. The maximum absolute atomic E-state index is 12.7. The van der Waals surface area contributed by atoms with Crippen LogP contribution in [0.5, 0.6) is 5.75 Å². The van der Waals surface area contributed by atoms with Crippen molar-refractivity contribution < 1.29 is 12.6 Å². The van der Waals surface area contributed by atoms with Crippen molar-refractivity contribution in [2.45, 2.75) is 51.5 Å². The molecule has 0 saturated carbocycles. The summed E-state index contributed by atoms with van der Waals surface area (Å²) in [6, 6.07) is 17.2. The molecule has 36 heavy (non-hydrogen) atoms. The van der Waals surface area contributed by atoms with Crippen molar-refractivity contribution in [3.8, 4) is 17.0 Å². The van der Waals surface area contributed by atoms with Gasteiger partial charge in [-0.2, -0.15) is 8.42 Å². The molecule has 0 fully saturated rings. The molecule has 0 spiro atoms. The largest absolute Gasteiger partial charge is 0.379 e. The number of hydrogen-bond donors (Lipinski definition) is 1. The SMILES string of the molecule is CC(C)(C)CC(C)(C)Nc1c(-c2ccc(OS(=O)(=O)c3ccc(Br)cc3)cc2)nc2ccc(Br)cn12. The standard InChI is InChI=1S/C27H29Br2N3O3S/c1-26(2,3)17-27(4,5)31-25-24(30-23-15-10-20(29)16-32(23)25)18-6-11-21(12-7-18)35-36(33,34)22-13-8-19(28)9-14-22/h6-16,31H,17H2,1-5H3. The highest BCUT2D eigenvalue weighted by Crippen LogP contribution is 2.36. The molecule has 0 amide bonds. The summed E-state index contributed by atoms with van der Waals surface area (Å²) in [6.45, 7) is 11.0. The summed E-state index contributed by atoms with van der Waals surface area (Å²) in [5.74, 6) is 1.10. The minimum Gasteiger partial charge on any atom is -0.379 e. The van der Waals surface area contributed by atoms with Crippen molar-refractivity contribution >= 4 is 53.4 Å². The number of aromatic nitrogens is 2. The second-order valence-corrected chi connectivity index (χ2v) is 14.0. The predicted octanol–water partition coefficient (Wildman–Crippen LogP) is 7.92. The number of rotatable bonds is 7. The lowest BCUT2D eigenvalue weighted by Crippen LogP contribution is -2.36. The molecule has 4 aromatic rings. The molecule has 2 aromatic carbocycles. The summed E-state index contributed by atoms with van der Waals surface area (Å²) in [5, 5.41) is 3.72. The summed E-state index contributed by atoms with van der Waals surface area (Å²) < 4.78 is 34.5. The zero-order valence-corrected chi connectivity index (χ0v) is 24.8. The number of pyridine rings is 1. The number of halogens is 2. The zero-order valence-electron chi connectivity index (χ0n) is 20.8. The summed E-state index contributed by atoms with van der Waals surface area (Å²) >= 11 is 6.88. The van der Waals surface area contributed by atoms with Gasteiger partial charge in [0.25, 0.3) is 0 Å². The quantitative estimate of drug-likeness (QED) is 0.209. The van der Waals surface area contributed by atoms with Crippen LogP contribution in [-0.4, -0.2) is 23.3 Å². The molecule has 9 heteroatoms. The highest BCUT2D eigenvalue weighted by atomic mass is 79.9. The van der Waals surface area contributed by atoms with Gasteiger partial charge >= 0.3 is 10.1 Å². The second kappa shape index (κ2) is 9.84. The Morgan fingerprint density at radius 3 is 2.11 bits per heavy atom. The molecule has 0 aliphatic heterocycles. The van der Waals surface area contributed by atoms with E-state index in [9.17, 15) is 8.42 Å². The van der Waals surface area contributed by atoms with Gasteiger partial charge in [-0.15, -0.1) is 0 Å². The van der Waals surface area contributed by atoms with Gasteiger partial charge in [-0.3, -0.25) is 4.40 Å². The maximum atomic E-state index is 12.7. The van der Waals surface area contributed by atoms with Crippen LogP contribution >= 0.6 is 31.9 Å². The third-order valence-corrected chi connectivity index (χ3v) is 7.71. The first kappa shape index (κ1) is 26.7. The first-order valence-electron chi connectivity index (χ1n) is 11.5. The Labute approximate surface area is 229 Å². The van der Waals surface area contributed by atoms with E-state index in [1.54, 1.807) is 24.3 Å². The molecule has 0 bridgehead atoms. The molecule has 190 valence electrons. The molecule has 6 nitrogen and oxygen atoms in total. The second-order valence-electron chi connectivity index (χ2n) is 10.6. The first-order valence-corrected chi connectivity index (χ1v) is 14.5. The number of anilines is 1. The fourth-order valence-corrected chi connectivity index (χ4v) is 6.01. The van der Waals surface area contributed by atoms with Gasteiger partial charge in [0.15, 0.2) is 0 Å². The van der Waals surface area contributed by atoms with E-state index in [0.29, 0.717) is 0 Å². The van der Waals surface area contributed by atoms with Gasteiger partial charge in [0.05, 0.1) is 0 Å². The van der Waals surface area contributed by atoms with E-state index in [-0.39, 0.29) is 21.6 Å². The van der Waals surface area contributed by atoms with Crippen molar-refractivity contribution in [3.05, 3.63) is 75.8 Å². The lowest BCUT2D eigenvalue weighted by atomic mass is 9.82. The molecule has 2 aromatic heterocycles. The van der Waals surface area contributed by atoms with E-state index >= 15 is 0 Å². The Bertz CT molecular complexity index is 1490. The van der Waals surface area contributed by atoms with Crippen molar-refractivity contribution in [1.82, 2.24) is 9.38 Å². The van der Waals surface area contributed by atoms with Gasteiger partial charge in [-0.25, -0.2) is 4.98 Å². The average Bonchev–Trinajstić information content (AvgIpc) is 3.09. The van der Waals surface area contributed by atoms with Crippen LogP contribution in [0, 0.1) is 5.41 Å². The van der Waals surface area contributed by atoms with Crippen molar-refractivity contribution in [3.63, 3.8) is 0 Å². The maximum Gasteiger partial charge on any atom is 0.339 e. The molecule has 0 radical (unpaired) electrons. The Morgan fingerprint density at radius 1 is 0.889 bits per heavy atom. The van der Waals surface area contributed by atoms with Crippen LogP contribution in [0.1, 0.15) is 41.0 Å². The van der Waals surface area contributed by atoms with E-state index in [1.807, 2.05) is 34.9 Å². The van der Waals surface area contributed by atoms with E-state index in [2.05, 4.69) is 71.8 Å². The van der Waals surface area contributed by atoms with Crippen molar-refractivity contribution in [1.29, 1.82) is 0 Å². The molecule has 0 aliphatic carbocycles. The molecular formula is C27H29Br2N3O3S. The van der Waals surface area contributed by atoms with E-state index in [4.69, 9.17) is 9.17 Å². The molecule has 4 rings (SSSR count). The number of nitrogens with one attached hydrogen (secondary N) is 1. The molecule has 0 aliphatic rings. The number of fused-ring (bicyclic) bond motifs is 1. The van der Waals surface area contributed by atoms with E-state index < -0.39 is 10.1 Å². The molecule has 0 saturated heterocycles. The molecule has 1 N–H and O–H groups in total. The smallest absolute Gasteiger partial charge is 0.339 e. The molecular weight excluding hydrogens is 606 g/mol. The lowest BCUT2D eigenvalue weighted by Gasteiger charge is -2.34. The van der Waals surface area contributed by atoms with Crippen LogP contribution in [0.2, 0.25) is 0 Å². The van der Waals surface area contributed by atoms with Gasteiger partial charge in [0, 0.05) is 26.2 Å². The van der Waals surface area contributed by atoms with Crippen molar-refractivity contribution in [2.75, 3.05) is 5.32 Å². The fourth-order valence-electron chi connectivity index (χ4n) is 4.47. The topological polar surface area (TPSA) is 72.7 Å². The summed E-state index contributed by atoms with van der Waals surface area (Å²) in [4.78, 5) is 4.97. The Morgan fingerprint density at radius 2 is 1.50 bits per heavy atom. The van der Waals surface area contributed by atoms with Crippen molar-refractivity contribution in [2.24, 2.45) is 5.41 Å². The van der Waals surface area contributed by atoms with Gasteiger partial charge < -0.3 is 9.50 Å². The first-order chi connectivity index (χ1) is 16.7. The summed E-state index contributed by atoms with van der Waals surface area (Å²) in [6.07, 6.45) is 2.94. The number of imidazole rings is 1. The zero-order chi connectivity index (χ0) is 26.3.